The Hall–Kier alpha value is -0.620. The highest BCUT2D eigenvalue weighted by Crippen LogP contribution is 2.05. The van der Waals surface area contributed by atoms with Crippen molar-refractivity contribution in [1.82, 2.24) is 20.2 Å². The summed E-state index contributed by atoms with van der Waals surface area (Å²) < 4.78 is 0. The van der Waals surface area contributed by atoms with E-state index in [1.807, 2.05) is 0 Å². The Bertz CT molecular complexity index is 214. The van der Waals surface area contributed by atoms with Crippen LogP contribution in [0.4, 0.5) is 0 Å². The third-order valence-electron chi connectivity index (χ3n) is 1.02. The predicted molar refractivity (Wildman–Crippen MR) is 42.0 cm³/mol. The van der Waals surface area contributed by atoms with Crippen LogP contribution in [-0.4, -0.2) is 37.7 Å². The molecule has 0 aromatic carbocycles. The second-order valence-corrected chi connectivity index (χ2v) is 3.08. The van der Waals surface area contributed by atoms with Crippen molar-refractivity contribution in [2.24, 2.45) is 7.05 Å². The van der Waals surface area contributed by atoms with Crippen LogP contribution in [0.2, 0.25) is 0 Å². The van der Waals surface area contributed by atoms with Gasteiger partial charge in [-0.2, -0.15) is 16.6 Å². The third-order valence-corrected chi connectivity index (χ3v) is 1.95. The fourth-order valence-corrected chi connectivity index (χ4v) is 1.18. The molecule has 62 valence electrons. The number of aryl methyl sites for hydroxylation is 1. The maximum Gasteiger partial charge on any atom is 0.184 e. The minimum absolute atomic E-state index is 0.199. The normalized spacial score (nSPS) is 10.4. The topological polar surface area (TPSA) is 63.8 Å². The van der Waals surface area contributed by atoms with Crippen LogP contribution in [0.5, 0.6) is 0 Å². The van der Waals surface area contributed by atoms with Crippen LogP contribution in [0, 0.1) is 0 Å². The molecule has 0 saturated heterocycles. The fraction of sp³-hybridized carbons (Fsp3) is 0.800. The molecule has 0 fully saturated rings. The standard InChI is InChI=1S/C5H10N4OS/c1-9-7-5(6-8-9)4-11-3-2-10/h10H,2-4H2,1H3. The van der Waals surface area contributed by atoms with Gasteiger partial charge in [-0.15, -0.1) is 10.2 Å². The molecule has 0 aliphatic heterocycles. The highest BCUT2D eigenvalue weighted by molar-refractivity contribution is 7.98. The van der Waals surface area contributed by atoms with Crippen LogP contribution < -0.4 is 0 Å². The first kappa shape index (κ1) is 8.48. The number of tetrazole rings is 1. The number of hydrogen-bond donors (Lipinski definition) is 1. The van der Waals surface area contributed by atoms with Crippen molar-refractivity contribution in [2.75, 3.05) is 12.4 Å². The second-order valence-electron chi connectivity index (χ2n) is 1.97. The van der Waals surface area contributed by atoms with Gasteiger partial charge in [0.1, 0.15) is 0 Å². The van der Waals surface area contributed by atoms with Crippen LogP contribution in [0.1, 0.15) is 5.82 Å². The molecule has 5 nitrogen and oxygen atoms in total. The lowest BCUT2D eigenvalue weighted by Gasteiger charge is -1.91. The molecular weight excluding hydrogens is 164 g/mol. The fourth-order valence-electron chi connectivity index (χ4n) is 0.609. The molecule has 0 saturated carbocycles. The van der Waals surface area contributed by atoms with Crippen LogP contribution in [-0.2, 0) is 12.8 Å². The van der Waals surface area contributed by atoms with Gasteiger partial charge in [0.25, 0.3) is 0 Å². The molecule has 1 aromatic rings. The van der Waals surface area contributed by atoms with Gasteiger partial charge in [0.05, 0.1) is 19.4 Å². The monoisotopic (exact) mass is 174 g/mol. The van der Waals surface area contributed by atoms with Gasteiger partial charge in [0, 0.05) is 5.75 Å². The Kier molecular flexibility index (Phi) is 3.31. The predicted octanol–water partition coefficient (Wildman–Crippen LogP) is -0.564. The zero-order valence-electron chi connectivity index (χ0n) is 6.27. The van der Waals surface area contributed by atoms with Gasteiger partial charge >= 0.3 is 0 Å². The van der Waals surface area contributed by atoms with E-state index in [9.17, 15) is 0 Å². The molecule has 6 heteroatoms. The van der Waals surface area contributed by atoms with E-state index in [0.717, 1.165) is 5.75 Å². The molecule has 0 amide bonds. The van der Waals surface area contributed by atoms with Gasteiger partial charge in [0.2, 0.25) is 0 Å². The molecule has 0 aliphatic carbocycles. The van der Waals surface area contributed by atoms with Crippen molar-refractivity contribution in [3.63, 3.8) is 0 Å². The molecule has 1 N–H and O–H groups in total. The number of hydrogen-bond acceptors (Lipinski definition) is 5. The molecule has 0 unspecified atom stereocenters. The number of thioether (sulfide) groups is 1. The molecule has 0 atom stereocenters. The summed E-state index contributed by atoms with van der Waals surface area (Å²) in [6, 6.07) is 0. The summed E-state index contributed by atoms with van der Waals surface area (Å²) in [5, 5.41) is 19.9. The van der Waals surface area contributed by atoms with E-state index >= 15 is 0 Å². The lowest BCUT2D eigenvalue weighted by molar-refractivity contribution is 0.322. The number of rotatable bonds is 4. The first-order chi connectivity index (χ1) is 5.33. The summed E-state index contributed by atoms with van der Waals surface area (Å²) in [4.78, 5) is 1.43. The Balaban J connectivity index is 2.27. The van der Waals surface area contributed by atoms with Gasteiger partial charge in [0.15, 0.2) is 5.82 Å². The van der Waals surface area contributed by atoms with E-state index in [0.29, 0.717) is 11.6 Å². The van der Waals surface area contributed by atoms with Crippen molar-refractivity contribution in [2.45, 2.75) is 5.75 Å². The summed E-state index contributed by atoms with van der Waals surface area (Å²) in [6.07, 6.45) is 0. The van der Waals surface area contributed by atoms with Gasteiger partial charge in [-0.3, -0.25) is 0 Å². The largest absolute Gasteiger partial charge is 0.396 e. The van der Waals surface area contributed by atoms with Crippen LogP contribution in [0.25, 0.3) is 0 Å². The van der Waals surface area contributed by atoms with Crippen LogP contribution in [0.15, 0.2) is 0 Å². The van der Waals surface area contributed by atoms with E-state index in [1.165, 1.54) is 4.80 Å². The summed E-state index contributed by atoms with van der Waals surface area (Å²) in [7, 11) is 1.73. The van der Waals surface area contributed by atoms with Gasteiger partial charge in [-0.25, -0.2) is 0 Å². The molecular formula is C5H10N4OS. The molecule has 0 spiro atoms. The SMILES string of the molecule is Cn1nnc(CSCCO)n1. The lowest BCUT2D eigenvalue weighted by atomic mass is 10.7. The Morgan fingerprint density at radius 3 is 3.00 bits per heavy atom. The van der Waals surface area contributed by atoms with E-state index in [4.69, 9.17) is 5.11 Å². The Labute approximate surface area is 68.8 Å². The summed E-state index contributed by atoms with van der Waals surface area (Å²) in [5.74, 6) is 2.15. The number of aromatic nitrogens is 4. The van der Waals surface area contributed by atoms with E-state index in [2.05, 4.69) is 15.4 Å². The maximum atomic E-state index is 8.47. The summed E-state index contributed by atoms with van der Waals surface area (Å²) >= 11 is 1.59. The number of aliphatic hydroxyl groups excluding tert-OH is 1. The summed E-state index contributed by atoms with van der Waals surface area (Å²) in [5.41, 5.74) is 0. The summed E-state index contributed by atoms with van der Waals surface area (Å²) in [6.45, 7) is 0.199. The lowest BCUT2D eigenvalue weighted by Crippen LogP contribution is -1.93. The quantitative estimate of drug-likeness (QED) is 0.620. The minimum Gasteiger partial charge on any atom is -0.396 e. The average molecular weight is 174 g/mol. The smallest absolute Gasteiger partial charge is 0.184 e. The molecule has 0 radical (unpaired) electrons. The zero-order valence-corrected chi connectivity index (χ0v) is 7.08. The van der Waals surface area contributed by atoms with E-state index in [-0.39, 0.29) is 6.61 Å². The second kappa shape index (κ2) is 4.30. The van der Waals surface area contributed by atoms with Gasteiger partial charge in [-0.05, 0) is 5.21 Å². The maximum absolute atomic E-state index is 8.47. The highest BCUT2D eigenvalue weighted by atomic mass is 32.2. The molecule has 0 bridgehead atoms. The first-order valence-electron chi connectivity index (χ1n) is 3.24. The average Bonchev–Trinajstić information content (AvgIpc) is 2.37. The molecule has 1 heterocycles. The van der Waals surface area contributed by atoms with Crippen LogP contribution >= 0.6 is 11.8 Å². The van der Waals surface area contributed by atoms with Crippen molar-refractivity contribution in [3.05, 3.63) is 5.82 Å². The van der Waals surface area contributed by atoms with E-state index < -0.39 is 0 Å². The highest BCUT2D eigenvalue weighted by Gasteiger charge is 1.98. The van der Waals surface area contributed by atoms with Crippen molar-refractivity contribution >= 4 is 11.8 Å². The van der Waals surface area contributed by atoms with Gasteiger partial charge < -0.3 is 5.11 Å². The number of nitrogens with zero attached hydrogens (tertiary/aromatic N) is 4. The van der Waals surface area contributed by atoms with Crippen molar-refractivity contribution < 1.29 is 5.11 Å². The Morgan fingerprint density at radius 1 is 1.64 bits per heavy atom. The minimum atomic E-state index is 0.199. The molecule has 1 rings (SSSR count). The molecule has 0 aliphatic rings. The van der Waals surface area contributed by atoms with E-state index in [1.54, 1.807) is 18.8 Å². The number of aliphatic hydroxyl groups is 1. The first-order valence-corrected chi connectivity index (χ1v) is 4.40. The van der Waals surface area contributed by atoms with Crippen molar-refractivity contribution in [1.29, 1.82) is 0 Å². The molecule has 11 heavy (non-hydrogen) atoms. The van der Waals surface area contributed by atoms with Crippen LogP contribution in [0.3, 0.4) is 0 Å². The molecule has 1 aromatic heterocycles. The Morgan fingerprint density at radius 2 is 2.45 bits per heavy atom. The third kappa shape index (κ3) is 2.85. The van der Waals surface area contributed by atoms with Crippen molar-refractivity contribution in [3.8, 4) is 0 Å². The zero-order chi connectivity index (χ0) is 8.10. The van der Waals surface area contributed by atoms with Gasteiger partial charge in [-0.1, -0.05) is 0 Å².